The number of hydrogen-bond donors (Lipinski definition) is 1. The molecule has 1 saturated heterocycles. The maximum atomic E-state index is 8.94. The molecule has 16 heavy (non-hydrogen) atoms. The molecular weight excluding hydrogens is 198 g/mol. The van der Waals surface area contributed by atoms with E-state index in [1.165, 1.54) is 19.3 Å². The summed E-state index contributed by atoms with van der Waals surface area (Å²) in [6.45, 7) is 9.45. The van der Waals surface area contributed by atoms with E-state index in [1.54, 1.807) is 0 Å². The predicted molar refractivity (Wildman–Crippen MR) is 66.6 cm³/mol. The first-order chi connectivity index (χ1) is 7.46. The van der Waals surface area contributed by atoms with E-state index in [1.807, 2.05) is 13.8 Å². The molecule has 0 aromatic carbocycles. The maximum Gasteiger partial charge on any atom is 0.0684 e. The van der Waals surface area contributed by atoms with Gasteiger partial charge < -0.3 is 0 Å². The van der Waals surface area contributed by atoms with Gasteiger partial charge in [-0.25, -0.2) is 5.01 Å². The lowest BCUT2D eigenvalue weighted by molar-refractivity contribution is 0.0437. The summed E-state index contributed by atoms with van der Waals surface area (Å²) in [5, 5.41) is 11.3. The van der Waals surface area contributed by atoms with E-state index in [4.69, 9.17) is 5.26 Å². The van der Waals surface area contributed by atoms with E-state index < -0.39 is 0 Å². The van der Waals surface area contributed by atoms with Crippen LogP contribution in [0.1, 0.15) is 53.4 Å². The van der Waals surface area contributed by atoms with Crippen molar-refractivity contribution in [3.63, 3.8) is 0 Å². The summed E-state index contributed by atoms with van der Waals surface area (Å²) < 4.78 is 0. The van der Waals surface area contributed by atoms with Crippen LogP contribution >= 0.6 is 0 Å². The molecule has 0 radical (unpaired) electrons. The molecule has 1 N–H and O–H groups in total. The zero-order valence-electron chi connectivity index (χ0n) is 11.1. The largest absolute Gasteiger partial charge is 0.255 e. The first-order valence-corrected chi connectivity index (χ1v) is 6.39. The highest BCUT2D eigenvalue weighted by molar-refractivity contribution is 4.91. The lowest BCUT2D eigenvalue weighted by atomic mass is 9.91. The fraction of sp³-hybridized carbons (Fsp3) is 0.923. The van der Waals surface area contributed by atoms with Crippen molar-refractivity contribution < 1.29 is 0 Å². The van der Waals surface area contributed by atoms with Gasteiger partial charge in [0.15, 0.2) is 0 Å². The molecular formula is C13H25N3. The van der Waals surface area contributed by atoms with Crippen LogP contribution in [0.5, 0.6) is 0 Å². The normalized spacial score (nSPS) is 27.7. The molecule has 1 heterocycles. The van der Waals surface area contributed by atoms with E-state index in [-0.39, 0.29) is 5.41 Å². The third-order valence-electron chi connectivity index (χ3n) is 3.54. The Labute approximate surface area is 99.8 Å². The summed E-state index contributed by atoms with van der Waals surface area (Å²) >= 11 is 0. The first-order valence-electron chi connectivity index (χ1n) is 6.39. The molecule has 0 saturated carbocycles. The molecule has 1 rings (SSSR count). The molecule has 3 nitrogen and oxygen atoms in total. The minimum absolute atomic E-state index is 0.213. The smallest absolute Gasteiger partial charge is 0.0684 e. The minimum atomic E-state index is -0.213. The number of hydrazine groups is 1. The molecule has 0 aromatic rings. The highest BCUT2D eigenvalue weighted by Crippen LogP contribution is 2.21. The number of nitrogens with one attached hydrogen (secondary N) is 1. The zero-order valence-corrected chi connectivity index (χ0v) is 11.1. The van der Waals surface area contributed by atoms with Crippen LogP contribution in [0, 0.1) is 16.7 Å². The fourth-order valence-electron chi connectivity index (χ4n) is 2.29. The van der Waals surface area contributed by atoms with Gasteiger partial charge in [0.25, 0.3) is 0 Å². The molecule has 0 amide bonds. The van der Waals surface area contributed by atoms with Crippen molar-refractivity contribution in [2.45, 2.75) is 65.5 Å². The van der Waals surface area contributed by atoms with Gasteiger partial charge in [-0.15, -0.1) is 0 Å². The van der Waals surface area contributed by atoms with Crippen LogP contribution in [-0.2, 0) is 0 Å². The van der Waals surface area contributed by atoms with Crippen LogP contribution in [0.2, 0.25) is 0 Å². The standard InChI is InChI=1S/C13H25N3/c1-11-6-5-7-12(2)16(11)15-9-8-13(3,4)10-14/h11-12,15H,5-9H2,1-4H3. The minimum Gasteiger partial charge on any atom is -0.255 e. The second-order valence-electron chi connectivity index (χ2n) is 5.69. The molecule has 0 spiro atoms. The molecule has 1 fully saturated rings. The maximum absolute atomic E-state index is 8.94. The number of piperidine rings is 1. The number of nitrogens with zero attached hydrogens (tertiary/aromatic N) is 2. The summed E-state index contributed by atoms with van der Waals surface area (Å²) in [4.78, 5) is 0. The molecule has 1 aliphatic rings. The Bertz CT molecular complexity index is 244. The Hall–Kier alpha value is -0.590. The van der Waals surface area contributed by atoms with Crippen LogP contribution < -0.4 is 5.43 Å². The van der Waals surface area contributed by atoms with Crippen molar-refractivity contribution >= 4 is 0 Å². The quantitative estimate of drug-likeness (QED) is 0.796. The van der Waals surface area contributed by atoms with E-state index in [2.05, 4.69) is 30.4 Å². The van der Waals surface area contributed by atoms with Crippen LogP contribution in [0.4, 0.5) is 0 Å². The number of nitriles is 1. The Morgan fingerprint density at radius 3 is 2.38 bits per heavy atom. The first kappa shape index (κ1) is 13.5. The molecule has 0 aliphatic carbocycles. The Balaban J connectivity index is 2.34. The molecule has 2 atom stereocenters. The van der Waals surface area contributed by atoms with E-state index >= 15 is 0 Å². The van der Waals surface area contributed by atoms with Gasteiger partial charge in [0.05, 0.1) is 11.5 Å². The molecule has 2 unspecified atom stereocenters. The second-order valence-corrected chi connectivity index (χ2v) is 5.69. The molecule has 1 aliphatic heterocycles. The van der Waals surface area contributed by atoms with Crippen LogP contribution in [-0.4, -0.2) is 23.6 Å². The lowest BCUT2D eigenvalue weighted by Crippen LogP contribution is -2.52. The van der Waals surface area contributed by atoms with E-state index in [9.17, 15) is 0 Å². The van der Waals surface area contributed by atoms with Gasteiger partial charge in [0.2, 0.25) is 0 Å². The Morgan fingerprint density at radius 2 is 1.88 bits per heavy atom. The van der Waals surface area contributed by atoms with Crippen molar-refractivity contribution in [1.82, 2.24) is 10.4 Å². The van der Waals surface area contributed by atoms with E-state index in [0.29, 0.717) is 12.1 Å². The lowest BCUT2D eigenvalue weighted by Gasteiger charge is -2.39. The second kappa shape index (κ2) is 5.65. The zero-order chi connectivity index (χ0) is 12.2. The average molecular weight is 223 g/mol. The summed E-state index contributed by atoms with van der Waals surface area (Å²) in [6.07, 6.45) is 4.79. The monoisotopic (exact) mass is 223 g/mol. The van der Waals surface area contributed by atoms with Gasteiger partial charge >= 0.3 is 0 Å². The summed E-state index contributed by atoms with van der Waals surface area (Å²) in [5.41, 5.74) is 3.28. The van der Waals surface area contributed by atoms with Crippen LogP contribution in [0.25, 0.3) is 0 Å². The van der Waals surface area contributed by atoms with Gasteiger partial charge in [-0.05, 0) is 47.0 Å². The fourth-order valence-corrected chi connectivity index (χ4v) is 2.29. The van der Waals surface area contributed by atoms with E-state index in [0.717, 1.165) is 13.0 Å². The van der Waals surface area contributed by atoms with Crippen molar-refractivity contribution in [2.75, 3.05) is 6.54 Å². The highest BCUT2D eigenvalue weighted by atomic mass is 15.5. The molecule has 92 valence electrons. The third-order valence-corrected chi connectivity index (χ3v) is 3.54. The predicted octanol–water partition coefficient (Wildman–Crippen LogP) is 2.69. The van der Waals surface area contributed by atoms with Gasteiger partial charge in [-0.2, -0.15) is 5.26 Å². The molecule has 0 bridgehead atoms. The van der Waals surface area contributed by atoms with Gasteiger partial charge in [0.1, 0.15) is 0 Å². The Morgan fingerprint density at radius 1 is 1.31 bits per heavy atom. The molecule has 3 heteroatoms. The van der Waals surface area contributed by atoms with Crippen molar-refractivity contribution in [3.8, 4) is 6.07 Å². The van der Waals surface area contributed by atoms with Crippen LogP contribution in [0.15, 0.2) is 0 Å². The highest BCUT2D eigenvalue weighted by Gasteiger charge is 2.25. The van der Waals surface area contributed by atoms with Crippen LogP contribution in [0.3, 0.4) is 0 Å². The number of hydrogen-bond acceptors (Lipinski definition) is 3. The third kappa shape index (κ3) is 3.77. The van der Waals surface area contributed by atoms with Crippen molar-refractivity contribution in [2.24, 2.45) is 5.41 Å². The summed E-state index contributed by atoms with van der Waals surface area (Å²) in [6, 6.07) is 3.58. The SMILES string of the molecule is CC1CCCC(C)N1NCCC(C)(C)C#N. The Kier molecular flexibility index (Phi) is 4.76. The average Bonchev–Trinajstić information content (AvgIpc) is 2.22. The van der Waals surface area contributed by atoms with Crippen molar-refractivity contribution in [3.05, 3.63) is 0 Å². The topological polar surface area (TPSA) is 39.1 Å². The number of rotatable bonds is 4. The van der Waals surface area contributed by atoms with Gasteiger partial charge in [0, 0.05) is 18.6 Å². The van der Waals surface area contributed by atoms with Gasteiger partial charge in [-0.1, -0.05) is 6.42 Å². The summed E-state index contributed by atoms with van der Waals surface area (Å²) in [5.74, 6) is 0. The van der Waals surface area contributed by atoms with Crippen molar-refractivity contribution in [1.29, 1.82) is 5.26 Å². The van der Waals surface area contributed by atoms with Gasteiger partial charge in [-0.3, -0.25) is 5.43 Å². The summed E-state index contributed by atoms with van der Waals surface area (Å²) in [7, 11) is 0. The molecule has 0 aromatic heterocycles.